The number of carbonyl (C=O) groups excluding carboxylic acids is 4. The van der Waals surface area contributed by atoms with Crippen molar-refractivity contribution in [2.24, 2.45) is 11.7 Å². The molecule has 3 N–H and O–H groups in total. The molecule has 4 rings (SSSR count). The van der Waals surface area contributed by atoms with E-state index in [9.17, 15) is 19.2 Å². The van der Waals surface area contributed by atoms with Gasteiger partial charge in [-0.05, 0) is 24.0 Å². The molecule has 31 heavy (non-hydrogen) atoms. The quantitative estimate of drug-likeness (QED) is 0.708. The fraction of sp³-hybridized carbons (Fsp3) is 0.304. The van der Waals surface area contributed by atoms with Crippen LogP contribution in [-0.4, -0.2) is 53.2 Å². The number of urea groups is 1. The highest BCUT2D eigenvalue weighted by atomic mass is 16.2. The molecular formula is C23H24N4O4. The lowest BCUT2D eigenvalue weighted by Gasteiger charge is -2.32. The highest BCUT2D eigenvalue weighted by molar-refractivity contribution is 6.11. The van der Waals surface area contributed by atoms with Gasteiger partial charge in [0.1, 0.15) is 6.54 Å². The van der Waals surface area contributed by atoms with Crippen LogP contribution in [0.15, 0.2) is 60.7 Å². The van der Waals surface area contributed by atoms with E-state index in [1.165, 1.54) is 4.90 Å². The number of benzene rings is 2. The molecule has 0 bridgehead atoms. The number of rotatable bonds is 5. The molecule has 0 saturated carbocycles. The molecule has 0 aromatic heterocycles. The summed E-state index contributed by atoms with van der Waals surface area (Å²) < 4.78 is 0. The minimum atomic E-state index is -1.41. The number of amides is 5. The van der Waals surface area contributed by atoms with Gasteiger partial charge in [0.15, 0.2) is 5.54 Å². The van der Waals surface area contributed by atoms with Crippen LogP contribution in [0.3, 0.4) is 0 Å². The smallest absolute Gasteiger partial charge is 0.326 e. The lowest BCUT2D eigenvalue weighted by Crippen LogP contribution is -2.49. The summed E-state index contributed by atoms with van der Waals surface area (Å²) in [5, 5.41) is 2.83. The van der Waals surface area contributed by atoms with Gasteiger partial charge in [0.2, 0.25) is 11.8 Å². The molecular weight excluding hydrogens is 396 g/mol. The van der Waals surface area contributed by atoms with Crippen LogP contribution < -0.4 is 11.1 Å². The molecule has 2 aromatic rings. The summed E-state index contributed by atoms with van der Waals surface area (Å²) in [5.41, 5.74) is 5.22. The maximum atomic E-state index is 13.6. The number of likely N-dealkylation sites (tertiary alicyclic amines) is 1. The van der Waals surface area contributed by atoms with Crippen LogP contribution in [0.25, 0.3) is 0 Å². The van der Waals surface area contributed by atoms with Crippen molar-refractivity contribution >= 4 is 23.8 Å². The predicted octanol–water partition coefficient (Wildman–Crippen LogP) is 1.21. The highest BCUT2D eigenvalue weighted by Crippen LogP contribution is 2.36. The fourth-order valence-electron chi connectivity index (χ4n) is 4.33. The van der Waals surface area contributed by atoms with Crippen LogP contribution in [-0.2, 0) is 19.9 Å². The summed E-state index contributed by atoms with van der Waals surface area (Å²) in [6.07, 6.45) is 1.28. The minimum Gasteiger partial charge on any atom is -0.369 e. The number of piperidine rings is 1. The Morgan fingerprint density at radius 1 is 1.00 bits per heavy atom. The number of primary amides is 1. The number of imide groups is 1. The van der Waals surface area contributed by atoms with Gasteiger partial charge in [0.05, 0.1) is 5.92 Å². The van der Waals surface area contributed by atoms with E-state index in [2.05, 4.69) is 5.32 Å². The van der Waals surface area contributed by atoms with Gasteiger partial charge in [0.25, 0.3) is 5.91 Å². The standard InChI is InChI=1S/C23H24N4O4/c24-20(29)16-8-7-13-26(14-16)19(28)15-27-21(30)23(25-22(27)31,17-9-3-1-4-10-17)18-11-5-2-6-12-18/h1-6,9-12,16H,7-8,13-15H2,(H2,24,29)(H,25,31)/t16-/m0/s1. The van der Waals surface area contributed by atoms with Gasteiger partial charge in [-0.15, -0.1) is 0 Å². The predicted molar refractivity (Wildman–Crippen MR) is 112 cm³/mol. The molecule has 0 radical (unpaired) electrons. The molecule has 2 fully saturated rings. The van der Waals surface area contributed by atoms with Crippen molar-refractivity contribution in [3.8, 4) is 0 Å². The van der Waals surface area contributed by atoms with Crippen molar-refractivity contribution < 1.29 is 19.2 Å². The van der Waals surface area contributed by atoms with Crippen molar-refractivity contribution in [2.45, 2.75) is 18.4 Å². The number of nitrogens with zero attached hydrogens (tertiary/aromatic N) is 2. The van der Waals surface area contributed by atoms with Crippen molar-refractivity contribution in [3.63, 3.8) is 0 Å². The average Bonchev–Trinajstić information content (AvgIpc) is 3.06. The van der Waals surface area contributed by atoms with Crippen molar-refractivity contribution in [3.05, 3.63) is 71.8 Å². The first-order valence-corrected chi connectivity index (χ1v) is 10.3. The van der Waals surface area contributed by atoms with Crippen LogP contribution >= 0.6 is 0 Å². The Kier molecular flexibility index (Phi) is 5.46. The third-order valence-corrected chi connectivity index (χ3v) is 5.99. The average molecular weight is 420 g/mol. The Balaban J connectivity index is 1.62. The molecule has 2 heterocycles. The zero-order chi connectivity index (χ0) is 22.0. The van der Waals surface area contributed by atoms with Gasteiger partial charge in [-0.1, -0.05) is 60.7 Å². The topological polar surface area (TPSA) is 113 Å². The van der Waals surface area contributed by atoms with E-state index in [4.69, 9.17) is 5.73 Å². The first-order chi connectivity index (χ1) is 14.9. The van der Waals surface area contributed by atoms with E-state index in [0.717, 1.165) is 4.90 Å². The van der Waals surface area contributed by atoms with Crippen LogP contribution in [0.2, 0.25) is 0 Å². The van der Waals surface area contributed by atoms with Gasteiger partial charge in [-0.25, -0.2) is 4.79 Å². The van der Waals surface area contributed by atoms with E-state index < -0.39 is 35.8 Å². The number of hydrogen-bond acceptors (Lipinski definition) is 4. The third-order valence-electron chi connectivity index (χ3n) is 5.99. The minimum absolute atomic E-state index is 0.209. The van der Waals surface area contributed by atoms with Crippen LogP contribution in [0.5, 0.6) is 0 Å². The Morgan fingerprint density at radius 2 is 1.58 bits per heavy atom. The number of hydrogen-bond donors (Lipinski definition) is 2. The van der Waals surface area contributed by atoms with Crippen molar-refractivity contribution in [1.29, 1.82) is 0 Å². The van der Waals surface area contributed by atoms with Gasteiger partial charge < -0.3 is 16.0 Å². The molecule has 0 unspecified atom stereocenters. The monoisotopic (exact) mass is 420 g/mol. The zero-order valence-electron chi connectivity index (χ0n) is 17.0. The second-order valence-corrected chi connectivity index (χ2v) is 7.88. The normalized spacial score (nSPS) is 20.5. The number of nitrogens with two attached hydrogens (primary N) is 1. The Hall–Kier alpha value is -3.68. The Morgan fingerprint density at radius 3 is 2.13 bits per heavy atom. The second kappa shape index (κ2) is 8.22. The SMILES string of the molecule is NC(=O)[C@H]1CCCN(C(=O)CN2C(=O)NC(c3ccccc3)(c3ccccc3)C2=O)C1. The molecule has 2 aliphatic heterocycles. The molecule has 2 aromatic carbocycles. The first-order valence-electron chi connectivity index (χ1n) is 10.3. The molecule has 0 aliphatic carbocycles. The Labute approximate surface area is 180 Å². The molecule has 2 aliphatic rings. The van der Waals surface area contributed by atoms with E-state index in [1.807, 2.05) is 12.1 Å². The number of nitrogens with one attached hydrogen (secondary N) is 1. The third kappa shape index (κ3) is 3.65. The summed E-state index contributed by atoms with van der Waals surface area (Å²) in [6, 6.07) is 17.3. The molecule has 0 spiro atoms. The van der Waals surface area contributed by atoms with Gasteiger partial charge in [-0.2, -0.15) is 0 Å². The molecule has 2 saturated heterocycles. The maximum absolute atomic E-state index is 13.6. The highest BCUT2D eigenvalue weighted by Gasteiger charge is 2.54. The maximum Gasteiger partial charge on any atom is 0.326 e. The van der Waals surface area contributed by atoms with Crippen molar-refractivity contribution in [1.82, 2.24) is 15.1 Å². The van der Waals surface area contributed by atoms with Crippen molar-refractivity contribution in [2.75, 3.05) is 19.6 Å². The molecule has 1 atom stereocenters. The summed E-state index contributed by atoms with van der Waals surface area (Å²) in [6.45, 7) is 0.284. The summed E-state index contributed by atoms with van der Waals surface area (Å²) in [5.74, 6) is -1.74. The largest absolute Gasteiger partial charge is 0.369 e. The van der Waals surface area contributed by atoms with E-state index in [1.54, 1.807) is 48.5 Å². The second-order valence-electron chi connectivity index (χ2n) is 7.88. The van der Waals surface area contributed by atoms with Crippen LogP contribution in [0.4, 0.5) is 4.79 Å². The Bertz CT molecular complexity index is 969. The molecule has 8 nitrogen and oxygen atoms in total. The first kappa shape index (κ1) is 20.6. The van der Waals surface area contributed by atoms with Gasteiger partial charge in [0, 0.05) is 13.1 Å². The molecule has 5 amide bonds. The summed E-state index contributed by atoms with van der Waals surface area (Å²) in [7, 11) is 0. The molecule has 8 heteroatoms. The van der Waals surface area contributed by atoms with E-state index in [-0.39, 0.29) is 12.5 Å². The van der Waals surface area contributed by atoms with E-state index in [0.29, 0.717) is 30.5 Å². The van der Waals surface area contributed by atoms with Crippen LogP contribution in [0, 0.1) is 5.92 Å². The van der Waals surface area contributed by atoms with Gasteiger partial charge >= 0.3 is 6.03 Å². The van der Waals surface area contributed by atoms with E-state index >= 15 is 0 Å². The van der Waals surface area contributed by atoms with Gasteiger partial charge in [-0.3, -0.25) is 19.3 Å². The summed E-state index contributed by atoms with van der Waals surface area (Å²) in [4.78, 5) is 53.4. The lowest BCUT2D eigenvalue weighted by molar-refractivity contribution is -0.140. The number of carbonyl (C=O) groups is 4. The summed E-state index contributed by atoms with van der Waals surface area (Å²) >= 11 is 0. The lowest BCUT2D eigenvalue weighted by atomic mass is 9.82. The fourth-order valence-corrected chi connectivity index (χ4v) is 4.33. The molecule has 160 valence electrons. The zero-order valence-corrected chi connectivity index (χ0v) is 17.0. The van der Waals surface area contributed by atoms with Crippen LogP contribution in [0.1, 0.15) is 24.0 Å².